The smallest absolute Gasteiger partial charge is 0.131 e. The van der Waals surface area contributed by atoms with Crippen molar-refractivity contribution in [3.63, 3.8) is 0 Å². The van der Waals surface area contributed by atoms with Gasteiger partial charge in [0.15, 0.2) is 0 Å². The molecular formula is C31H40FN. The van der Waals surface area contributed by atoms with E-state index in [4.69, 9.17) is 0 Å². The van der Waals surface area contributed by atoms with Crippen LogP contribution >= 0.6 is 0 Å². The first kappa shape index (κ1) is 25.1. The number of nitrogens with zero attached hydrogens (tertiary/aromatic N) is 1. The van der Waals surface area contributed by atoms with Gasteiger partial charge in [0.1, 0.15) is 5.82 Å². The number of unbranched alkanes of at least 4 members (excludes halogenated alkanes) is 8. The van der Waals surface area contributed by atoms with Gasteiger partial charge < -0.3 is 0 Å². The summed E-state index contributed by atoms with van der Waals surface area (Å²) < 4.78 is 15.0. The van der Waals surface area contributed by atoms with Crippen molar-refractivity contribution in [3.05, 3.63) is 77.9 Å². The summed E-state index contributed by atoms with van der Waals surface area (Å²) in [5, 5.41) is 0. The summed E-state index contributed by atoms with van der Waals surface area (Å²) in [7, 11) is 0. The summed E-state index contributed by atoms with van der Waals surface area (Å²) in [6.45, 7) is 4.48. The highest BCUT2D eigenvalue weighted by Crippen LogP contribution is 2.28. The van der Waals surface area contributed by atoms with E-state index in [9.17, 15) is 4.39 Å². The van der Waals surface area contributed by atoms with E-state index < -0.39 is 0 Å². The van der Waals surface area contributed by atoms with Gasteiger partial charge in [0, 0.05) is 23.0 Å². The highest BCUT2D eigenvalue weighted by Gasteiger charge is 2.08. The zero-order valence-corrected chi connectivity index (χ0v) is 20.6. The highest BCUT2D eigenvalue weighted by molar-refractivity contribution is 5.70. The van der Waals surface area contributed by atoms with Crippen LogP contribution in [0.2, 0.25) is 0 Å². The normalized spacial score (nSPS) is 11.1. The monoisotopic (exact) mass is 445 g/mol. The minimum absolute atomic E-state index is 0.181. The van der Waals surface area contributed by atoms with Crippen LogP contribution in [0.15, 0.2) is 60.8 Å². The number of pyridine rings is 1. The largest absolute Gasteiger partial charge is 0.261 e. The third-order valence-electron chi connectivity index (χ3n) is 6.50. The third kappa shape index (κ3) is 8.11. The Hall–Kier alpha value is -2.48. The maximum atomic E-state index is 15.0. The van der Waals surface area contributed by atoms with E-state index in [0.717, 1.165) is 35.2 Å². The fourth-order valence-electron chi connectivity index (χ4n) is 4.37. The average molecular weight is 446 g/mol. The topological polar surface area (TPSA) is 12.9 Å². The van der Waals surface area contributed by atoms with Gasteiger partial charge in [0.25, 0.3) is 0 Å². The second kappa shape index (κ2) is 13.9. The van der Waals surface area contributed by atoms with Gasteiger partial charge in [-0.25, -0.2) is 4.39 Å². The molecule has 0 aliphatic heterocycles. The fraction of sp³-hybridized carbons (Fsp3) is 0.452. The molecule has 3 rings (SSSR count). The van der Waals surface area contributed by atoms with Gasteiger partial charge in [-0.3, -0.25) is 4.98 Å². The van der Waals surface area contributed by atoms with Gasteiger partial charge in [-0.05, 0) is 54.5 Å². The molecule has 176 valence electrons. The van der Waals surface area contributed by atoms with Crippen LogP contribution in [0.3, 0.4) is 0 Å². The number of benzene rings is 2. The van der Waals surface area contributed by atoms with Gasteiger partial charge in [-0.2, -0.15) is 0 Å². The molecular weight excluding hydrogens is 405 g/mol. The third-order valence-corrected chi connectivity index (χ3v) is 6.50. The Morgan fingerprint density at radius 2 is 1.21 bits per heavy atom. The fourth-order valence-corrected chi connectivity index (χ4v) is 4.37. The lowest BCUT2D eigenvalue weighted by Crippen LogP contribution is -1.92. The van der Waals surface area contributed by atoms with E-state index in [1.165, 1.54) is 69.8 Å². The Morgan fingerprint density at radius 3 is 1.88 bits per heavy atom. The van der Waals surface area contributed by atoms with E-state index in [-0.39, 0.29) is 5.82 Å². The number of hydrogen-bond acceptors (Lipinski definition) is 1. The standard InChI is InChI=1S/C31H40FN/c1-3-5-7-9-10-12-14-29-21-19-28(24-33-29)27-20-22-30(31(32)23-27)26-17-15-25(16-18-26)13-11-8-6-4-2/h15-24H,3-14H2,1-2H3. The predicted octanol–water partition coefficient (Wildman–Crippen LogP) is 9.58. The molecule has 2 heteroatoms. The van der Waals surface area contributed by atoms with Crippen molar-refractivity contribution in [1.29, 1.82) is 0 Å². The van der Waals surface area contributed by atoms with Crippen molar-refractivity contribution in [2.75, 3.05) is 0 Å². The lowest BCUT2D eigenvalue weighted by Gasteiger charge is -2.09. The summed E-state index contributed by atoms with van der Waals surface area (Å²) in [6.07, 6.45) is 16.8. The molecule has 0 bridgehead atoms. The molecule has 0 spiro atoms. The van der Waals surface area contributed by atoms with Gasteiger partial charge >= 0.3 is 0 Å². The quantitative estimate of drug-likeness (QED) is 0.225. The Morgan fingerprint density at radius 1 is 0.606 bits per heavy atom. The number of rotatable bonds is 14. The first-order valence-electron chi connectivity index (χ1n) is 13.1. The number of aryl methyl sites for hydroxylation is 2. The first-order chi connectivity index (χ1) is 16.2. The first-order valence-corrected chi connectivity index (χ1v) is 13.1. The van der Waals surface area contributed by atoms with E-state index in [0.29, 0.717) is 5.56 Å². The van der Waals surface area contributed by atoms with E-state index in [1.807, 2.05) is 30.5 Å². The Bertz CT molecular complexity index is 944. The molecule has 0 saturated carbocycles. The van der Waals surface area contributed by atoms with Crippen molar-refractivity contribution >= 4 is 0 Å². The van der Waals surface area contributed by atoms with Crippen LogP contribution in [0.4, 0.5) is 4.39 Å². The van der Waals surface area contributed by atoms with Crippen molar-refractivity contribution in [1.82, 2.24) is 4.98 Å². The number of halogens is 1. The molecule has 0 atom stereocenters. The van der Waals surface area contributed by atoms with Crippen LogP contribution < -0.4 is 0 Å². The molecule has 0 amide bonds. The Labute approximate surface area is 200 Å². The van der Waals surface area contributed by atoms with Crippen molar-refractivity contribution in [2.45, 2.75) is 90.9 Å². The minimum Gasteiger partial charge on any atom is -0.261 e. The highest BCUT2D eigenvalue weighted by atomic mass is 19.1. The summed E-state index contributed by atoms with van der Waals surface area (Å²) in [6, 6.07) is 18.1. The molecule has 3 aromatic rings. The molecule has 0 N–H and O–H groups in total. The molecule has 1 heterocycles. The lowest BCUT2D eigenvalue weighted by atomic mass is 9.98. The van der Waals surface area contributed by atoms with Gasteiger partial charge in [-0.1, -0.05) is 108 Å². The zero-order chi connectivity index (χ0) is 23.3. The summed E-state index contributed by atoms with van der Waals surface area (Å²) in [5.41, 5.74) is 5.89. The van der Waals surface area contributed by atoms with Crippen LogP contribution in [0, 0.1) is 5.82 Å². The second-order valence-corrected chi connectivity index (χ2v) is 9.26. The Balaban J connectivity index is 1.56. The van der Waals surface area contributed by atoms with Crippen molar-refractivity contribution < 1.29 is 4.39 Å². The maximum Gasteiger partial charge on any atom is 0.131 e. The van der Waals surface area contributed by atoms with Gasteiger partial charge in [0.2, 0.25) is 0 Å². The van der Waals surface area contributed by atoms with E-state index in [1.54, 1.807) is 6.07 Å². The molecule has 33 heavy (non-hydrogen) atoms. The van der Waals surface area contributed by atoms with Crippen molar-refractivity contribution in [2.24, 2.45) is 0 Å². The SMILES string of the molecule is CCCCCCCCc1ccc(-c2ccc(-c3ccc(CCCCCC)cc3)c(F)c2)cn1. The molecule has 0 unspecified atom stereocenters. The number of aromatic nitrogens is 1. The van der Waals surface area contributed by atoms with E-state index >= 15 is 0 Å². The summed E-state index contributed by atoms with van der Waals surface area (Å²) in [4.78, 5) is 4.62. The van der Waals surface area contributed by atoms with E-state index in [2.05, 4.69) is 43.1 Å². The van der Waals surface area contributed by atoms with Crippen LogP contribution in [0.25, 0.3) is 22.3 Å². The molecule has 1 nitrogen and oxygen atoms in total. The maximum absolute atomic E-state index is 15.0. The minimum atomic E-state index is -0.181. The summed E-state index contributed by atoms with van der Waals surface area (Å²) >= 11 is 0. The average Bonchev–Trinajstić information content (AvgIpc) is 2.85. The molecule has 0 aliphatic carbocycles. The van der Waals surface area contributed by atoms with Gasteiger partial charge in [0.05, 0.1) is 0 Å². The van der Waals surface area contributed by atoms with Crippen molar-refractivity contribution in [3.8, 4) is 22.3 Å². The molecule has 1 aromatic heterocycles. The summed E-state index contributed by atoms with van der Waals surface area (Å²) in [5.74, 6) is -0.181. The van der Waals surface area contributed by atoms with Gasteiger partial charge in [-0.15, -0.1) is 0 Å². The molecule has 2 aromatic carbocycles. The van der Waals surface area contributed by atoms with Crippen LogP contribution in [-0.4, -0.2) is 4.98 Å². The Kier molecular flexibility index (Phi) is 10.6. The lowest BCUT2D eigenvalue weighted by molar-refractivity contribution is 0.605. The second-order valence-electron chi connectivity index (χ2n) is 9.26. The zero-order valence-electron chi connectivity index (χ0n) is 20.6. The molecule has 0 radical (unpaired) electrons. The molecule has 0 fully saturated rings. The van der Waals surface area contributed by atoms with Crippen LogP contribution in [0.1, 0.15) is 89.3 Å². The van der Waals surface area contributed by atoms with Crippen LogP contribution in [-0.2, 0) is 12.8 Å². The van der Waals surface area contributed by atoms with Crippen LogP contribution in [0.5, 0.6) is 0 Å². The molecule has 0 saturated heterocycles. The molecule has 0 aliphatic rings. The predicted molar refractivity (Wildman–Crippen MR) is 140 cm³/mol. The number of hydrogen-bond donors (Lipinski definition) is 0.